The Morgan fingerprint density at radius 1 is 1.33 bits per heavy atom. The summed E-state index contributed by atoms with van der Waals surface area (Å²) in [5, 5.41) is 5.14. The number of anilines is 1. The maximum absolute atomic E-state index is 11.6. The van der Waals surface area contributed by atoms with E-state index in [0.29, 0.717) is 6.54 Å². The molecule has 0 unspecified atom stereocenters. The Hall–Kier alpha value is -1.14. The maximum atomic E-state index is 11.6. The van der Waals surface area contributed by atoms with E-state index in [9.17, 15) is 8.42 Å². The highest BCUT2D eigenvalue weighted by atomic mass is 32.2. The van der Waals surface area contributed by atoms with Gasteiger partial charge in [-0.05, 0) is 37.5 Å². The van der Waals surface area contributed by atoms with Crippen LogP contribution in [0.1, 0.15) is 13.8 Å². The molecule has 2 rings (SSSR count). The monoisotopic (exact) mass is 284 g/mol. The highest BCUT2D eigenvalue weighted by Gasteiger charge is 2.30. The van der Waals surface area contributed by atoms with E-state index in [2.05, 4.69) is 9.69 Å². The van der Waals surface area contributed by atoms with Crippen molar-refractivity contribution >= 4 is 37.3 Å². The van der Waals surface area contributed by atoms with E-state index in [4.69, 9.17) is 0 Å². The van der Waals surface area contributed by atoms with Gasteiger partial charge in [-0.15, -0.1) is 0 Å². The summed E-state index contributed by atoms with van der Waals surface area (Å²) in [6, 6.07) is 7.81. The molecule has 0 bridgehead atoms. The maximum Gasteiger partial charge on any atom is 0.154 e. The molecular formula is C12H16N2O2S2. The van der Waals surface area contributed by atoms with Gasteiger partial charge in [0.2, 0.25) is 0 Å². The molecule has 0 saturated heterocycles. The number of benzene rings is 1. The lowest BCUT2D eigenvalue weighted by Gasteiger charge is -2.22. The summed E-state index contributed by atoms with van der Waals surface area (Å²) in [6.07, 6.45) is 1.26. The number of hydrogen-bond acceptors (Lipinski definition) is 5. The largest absolute Gasteiger partial charge is 0.374 e. The van der Waals surface area contributed by atoms with E-state index in [-0.39, 0.29) is 0 Å². The third-order valence-electron chi connectivity index (χ3n) is 3.06. The Morgan fingerprint density at radius 2 is 2.00 bits per heavy atom. The van der Waals surface area contributed by atoms with Crippen molar-refractivity contribution in [3.05, 3.63) is 24.3 Å². The second-order valence-electron chi connectivity index (χ2n) is 4.91. The zero-order valence-electron chi connectivity index (χ0n) is 10.6. The number of nitrogens with zero attached hydrogens (tertiary/aromatic N) is 1. The van der Waals surface area contributed by atoms with Crippen molar-refractivity contribution in [3.8, 4) is 0 Å². The first-order valence-corrected chi connectivity index (χ1v) is 8.26. The highest BCUT2D eigenvalue weighted by Crippen LogP contribution is 2.28. The Kier molecular flexibility index (Phi) is 3.33. The average molecular weight is 284 g/mol. The van der Waals surface area contributed by atoms with Gasteiger partial charge in [0.1, 0.15) is 5.00 Å². The van der Waals surface area contributed by atoms with Gasteiger partial charge in [0.15, 0.2) is 9.84 Å². The van der Waals surface area contributed by atoms with Gasteiger partial charge in [-0.25, -0.2) is 8.42 Å². The zero-order chi connectivity index (χ0) is 13.4. The van der Waals surface area contributed by atoms with Crippen LogP contribution in [0.25, 0.3) is 10.9 Å². The number of nitrogens with one attached hydrogen (secondary N) is 1. The molecule has 1 heterocycles. The summed E-state index contributed by atoms with van der Waals surface area (Å²) in [5.41, 5.74) is 0.933. The second kappa shape index (κ2) is 4.51. The lowest BCUT2D eigenvalue weighted by Crippen LogP contribution is -2.38. The predicted molar refractivity (Wildman–Crippen MR) is 77.0 cm³/mol. The molecule has 2 aromatic rings. The topological polar surface area (TPSA) is 59.1 Å². The lowest BCUT2D eigenvalue weighted by atomic mass is 10.2. The van der Waals surface area contributed by atoms with Gasteiger partial charge in [-0.2, -0.15) is 4.37 Å². The number of sulfone groups is 1. The smallest absolute Gasteiger partial charge is 0.154 e. The average Bonchev–Trinajstić information content (AvgIpc) is 2.68. The molecule has 0 spiro atoms. The first-order valence-electron chi connectivity index (χ1n) is 5.59. The normalized spacial score (nSPS) is 12.8. The molecule has 4 nitrogen and oxygen atoms in total. The van der Waals surface area contributed by atoms with Crippen LogP contribution in [0.3, 0.4) is 0 Å². The van der Waals surface area contributed by atoms with E-state index < -0.39 is 14.6 Å². The summed E-state index contributed by atoms with van der Waals surface area (Å²) in [5.74, 6) is 0. The molecule has 1 N–H and O–H groups in total. The van der Waals surface area contributed by atoms with Gasteiger partial charge in [-0.3, -0.25) is 0 Å². The van der Waals surface area contributed by atoms with Crippen molar-refractivity contribution in [1.29, 1.82) is 0 Å². The minimum Gasteiger partial charge on any atom is -0.374 e. The Morgan fingerprint density at radius 3 is 2.67 bits per heavy atom. The number of hydrogen-bond donors (Lipinski definition) is 1. The number of aromatic nitrogens is 1. The van der Waals surface area contributed by atoms with Crippen molar-refractivity contribution < 1.29 is 8.42 Å². The van der Waals surface area contributed by atoms with E-state index >= 15 is 0 Å². The molecule has 0 aliphatic heterocycles. The fraction of sp³-hybridized carbons (Fsp3) is 0.417. The lowest BCUT2D eigenvalue weighted by molar-refractivity contribution is 0.560. The van der Waals surface area contributed by atoms with Crippen LogP contribution in [-0.4, -0.2) is 30.3 Å². The van der Waals surface area contributed by atoms with Crippen LogP contribution < -0.4 is 5.32 Å². The molecule has 1 aromatic carbocycles. The van der Waals surface area contributed by atoms with Crippen LogP contribution in [0.2, 0.25) is 0 Å². The molecule has 0 atom stereocenters. The van der Waals surface area contributed by atoms with Gasteiger partial charge in [0.25, 0.3) is 0 Å². The molecular weight excluding hydrogens is 268 g/mol. The molecule has 6 heteroatoms. The van der Waals surface area contributed by atoms with Gasteiger partial charge < -0.3 is 5.32 Å². The number of rotatable bonds is 4. The summed E-state index contributed by atoms with van der Waals surface area (Å²) >= 11 is 1.36. The first-order chi connectivity index (χ1) is 8.31. The molecule has 98 valence electrons. The van der Waals surface area contributed by atoms with Crippen LogP contribution in [0.5, 0.6) is 0 Å². The van der Waals surface area contributed by atoms with Gasteiger partial charge >= 0.3 is 0 Å². The van der Waals surface area contributed by atoms with Crippen molar-refractivity contribution in [2.24, 2.45) is 0 Å². The van der Waals surface area contributed by atoms with Gasteiger partial charge in [0.05, 0.1) is 10.3 Å². The molecule has 0 amide bonds. The van der Waals surface area contributed by atoms with E-state index in [0.717, 1.165) is 15.9 Å². The Balaban J connectivity index is 2.21. The molecule has 0 aliphatic carbocycles. The fourth-order valence-electron chi connectivity index (χ4n) is 1.44. The van der Waals surface area contributed by atoms with Gasteiger partial charge in [0, 0.05) is 18.2 Å². The molecule has 18 heavy (non-hydrogen) atoms. The van der Waals surface area contributed by atoms with E-state index in [1.54, 1.807) is 13.8 Å². The zero-order valence-corrected chi connectivity index (χ0v) is 12.2. The third-order valence-corrected chi connectivity index (χ3v) is 6.05. The van der Waals surface area contributed by atoms with Crippen LogP contribution in [0.15, 0.2) is 24.3 Å². The quantitative estimate of drug-likeness (QED) is 0.937. The minimum absolute atomic E-state index is 0.373. The number of fused-ring (bicyclic) bond motifs is 1. The van der Waals surface area contributed by atoms with Crippen molar-refractivity contribution in [1.82, 2.24) is 4.37 Å². The summed E-state index contributed by atoms with van der Waals surface area (Å²) in [4.78, 5) is 0. The predicted octanol–water partition coefficient (Wildman–Crippen LogP) is 2.53. The minimum atomic E-state index is -3.09. The molecule has 0 aliphatic rings. The first kappa shape index (κ1) is 13.3. The highest BCUT2D eigenvalue weighted by molar-refractivity contribution is 7.92. The fourth-order valence-corrected chi connectivity index (χ4v) is 2.53. The van der Waals surface area contributed by atoms with Gasteiger partial charge in [-0.1, -0.05) is 12.1 Å². The summed E-state index contributed by atoms with van der Waals surface area (Å²) in [7, 11) is -3.09. The van der Waals surface area contributed by atoms with Crippen molar-refractivity contribution in [3.63, 3.8) is 0 Å². The molecule has 0 fully saturated rings. The Labute approximate surface area is 111 Å². The van der Waals surface area contributed by atoms with Crippen LogP contribution in [-0.2, 0) is 9.84 Å². The standard InChI is InChI=1S/C12H16N2O2S2/c1-12(2,18(3,15)16)8-13-11-9-6-4-5-7-10(9)14-17-11/h4-7,13H,8H2,1-3H3. The van der Waals surface area contributed by atoms with Crippen molar-refractivity contribution in [2.75, 3.05) is 18.1 Å². The van der Waals surface area contributed by atoms with E-state index in [1.165, 1.54) is 17.8 Å². The summed E-state index contributed by atoms with van der Waals surface area (Å²) in [6.45, 7) is 3.81. The SMILES string of the molecule is CC(C)(CNc1snc2ccccc12)S(C)(=O)=O. The van der Waals surface area contributed by atoms with Crippen LogP contribution in [0.4, 0.5) is 5.00 Å². The molecule has 0 saturated carbocycles. The Bertz CT molecular complexity index is 660. The van der Waals surface area contributed by atoms with Crippen LogP contribution in [0, 0.1) is 0 Å². The third kappa shape index (κ3) is 2.49. The molecule has 0 radical (unpaired) electrons. The summed E-state index contributed by atoms with van der Waals surface area (Å²) < 4.78 is 26.8. The second-order valence-corrected chi connectivity index (χ2v) is 8.34. The molecule has 1 aromatic heterocycles. The van der Waals surface area contributed by atoms with E-state index in [1.807, 2.05) is 24.3 Å². The van der Waals surface area contributed by atoms with Crippen LogP contribution >= 0.6 is 11.5 Å². The van der Waals surface area contributed by atoms with Crippen molar-refractivity contribution in [2.45, 2.75) is 18.6 Å².